The Labute approximate surface area is 113 Å². The van der Waals surface area contributed by atoms with Crippen LogP contribution in [0.4, 0.5) is 0 Å². The summed E-state index contributed by atoms with van der Waals surface area (Å²) < 4.78 is 0. The summed E-state index contributed by atoms with van der Waals surface area (Å²) in [5, 5.41) is 11.7. The van der Waals surface area contributed by atoms with Crippen LogP contribution < -0.4 is 5.32 Å². The molecule has 0 aromatic heterocycles. The van der Waals surface area contributed by atoms with Crippen LogP contribution in [0.3, 0.4) is 0 Å². The lowest BCUT2D eigenvalue weighted by Crippen LogP contribution is -2.43. The van der Waals surface area contributed by atoms with Crippen LogP contribution in [0.25, 0.3) is 0 Å². The fourth-order valence-electron chi connectivity index (χ4n) is 2.43. The van der Waals surface area contributed by atoms with Crippen molar-refractivity contribution in [3.8, 4) is 0 Å². The van der Waals surface area contributed by atoms with Crippen molar-refractivity contribution in [2.45, 2.75) is 25.4 Å². The van der Waals surface area contributed by atoms with Gasteiger partial charge in [0.1, 0.15) is 0 Å². The van der Waals surface area contributed by atoms with Gasteiger partial charge in [-0.25, -0.2) is 4.79 Å². The number of nitrogens with one attached hydrogen (secondary N) is 1. The molecule has 0 aliphatic carbocycles. The van der Waals surface area contributed by atoms with Crippen LogP contribution in [-0.2, 0) is 11.3 Å². The molecule has 0 bridgehead atoms. The summed E-state index contributed by atoms with van der Waals surface area (Å²) >= 11 is 0. The van der Waals surface area contributed by atoms with E-state index in [1.54, 1.807) is 6.20 Å². The van der Waals surface area contributed by atoms with Gasteiger partial charge < -0.3 is 10.4 Å². The number of carboxylic acids is 1. The number of piperidine rings is 1. The lowest BCUT2D eigenvalue weighted by Gasteiger charge is -2.32. The average molecular weight is 260 g/mol. The highest BCUT2D eigenvalue weighted by molar-refractivity contribution is 5.79. The molecule has 1 aromatic rings. The van der Waals surface area contributed by atoms with Crippen LogP contribution in [-0.4, -0.2) is 35.1 Å². The zero-order valence-corrected chi connectivity index (χ0v) is 11.0. The number of rotatable bonds is 5. The Morgan fingerprint density at radius 2 is 2.21 bits per heavy atom. The van der Waals surface area contributed by atoms with Crippen molar-refractivity contribution >= 4 is 5.97 Å². The zero-order chi connectivity index (χ0) is 13.5. The quantitative estimate of drug-likeness (QED) is 0.793. The van der Waals surface area contributed by atoms with E-state index in [1.807, 2.05) is 6.07 Å². The second-order valence-corrected chi connectivity index (χ2v) is 4.90. The minimum Gasteiger partial charge on any atom is -0.478 e. The Morgan fingerprint density at radius 1 is 1.42 bits per heavy atom. The number of hydrogen-bond donors (Lipinski definition) is 2. The van der Waals surface area contributed by atoms with Crippen molar-refractivity contribution in [2.24, 2.45) is 0 Å². The minimum atomic E-state index is -0.913. The first-order valence-electron chi connectivity index (χ1n) is 6.66. The SMILES string of the molecule is O=C(O)/C=C/NC1CCCN(Cc2ccccc2)C1. The van der Waals surface area contributed by atoms with E-state index in [1.165, 1.54) is 5.56 Å². The molecule has 2 N–H and O–H groups in total. The molecule has 2 rings (SSSR count). The van der Waals surface area contributed by atoms with E-state index in [0.29, 0.717) is 6.04 Å². The van der Waals surface area contributed by atoms with Crippen molar-refractivity contribution < 1.29 is 9.90 Å². The van der Waals surface area contributed by atoms with Crippen LogP contribution in [0, 0.1) is 0 Å². The topological polar surface area (TPSA) is 52.6 Å². The van der Waals surface area contributed by atoms with E-state index in [2.05, 4.69) is 34.5 Å². The van der Waals surface area contributed by atoms with E-state index in [4.69, 9.17) is 5.11 Å². The molecule has 0 amide bonds. The van der Waals surface area contributed by atoms with Crippen LogP contribution in [0.5, 0.6) is 0 Å². The lowest BCUT2D eigenvalue weighted by molar-refractivity contribution is -0.131. The standard InChI is InChI=1S/C15H20N2O2/c18-15(19)8-9-16-14-7-4-10-17(12-14)11-13-5-2-1-3-6-13/h1-3,5-6,8-9,14,16H,4,7,10-12H2,(H,18,19)/b9-8+. The van der Waals surface area contributed by atoms with Crippen LogP contribution in [0.1, 0.15) is 18.4 Å². The summed E-state index contributed by atoms with van der Waals surface area (Å²) in [6, 6.07) is 10.8. The van der Waals surface area contributed by atoms with Crippen molar-refractivity contribution in [3.05, 3.63) is 48.2 Å². The predicted molar refractivity (Wildman–Crippen MR) is 74.7 cm³/mol. The summed E-state index contributed by atoms with van der Waals surface area (Å²) in [5.74, 6) is -0.913. The first-order valence-corrected chi connectivity index (χ1v) is 6.66. The molecule has 1 fully saturated rings. The minimum absolute atomic E-state index is 0.341. The largest absolute Gasteiger partial charge is 0.478 e. The monoisotopic (exact) mass is 260 g/mol. The van der Waals surface area contributed by atoms with Gasteiger partial charge in [-0.1, -0.05) is 30.3 Å². The zero-order valence-electron chi connectivity index (χ0n) is 11.0. The first kappa shape index (κ1) is 13.6. The Balaban J connectivity index is 1.82. The van der Waals surface area contributed by atoms with Crippen molar-refractivity contribution in [2.75, 3.05) is 13.1 Å². The molecule has 1 atom stereocenters. The van der Waals surface area contributed by atoms with E-state index in [0.717, 1.165) is 38.6 Å². The van der Waals surface area contributed by atoms with Crippen molar-refractivity contribution in [3.63, 3.8) is 0 Å². The molecule has 1 aromatic carbocycles. The van der Waals surface area contributed by atoms with E-state index < -0.39 is 5.97 Å². The van der Waals surface area contributed by atoms with Crippen LogP contribution >= 0.6 is 0 Å². The van der Waals surface area contributed by atoms with Crippen molar-refractivity contribution in [1.29, 1.82) is 0 Å². The summed E-state index contributed by atoms with van der Waals surface area (Å²) in [4.78, 5) is 12.8. The molecule has 4 heteroatoms. The highest BCUT2D eigenvalue weighted by Gasteiger charge is 2.18. The van der Waals surface area contributed by atoms with Gasteiger partial charge in [0.25, 0.3) is 0 Å². The third-order valence-corrected chi connectivity index (χ3v) is 3.31. The van der Waals surface area contributed by atoms with Gasteiger partial charge in [0.15, 0.2) is 0 Å². The highest BCUT2D eigenvalue weighted by atomic mass is 16.4. The molecule has 1 aliphatic rings. The number of hydrogen-bond acceptors (Lipinski definition) is 3. The molecular weight excluding hydrogens is 240 g/mol. The van der Waals surface area contributed by atoms with Gasteiger partial charge in [-0.05, 0) is 24.9 Å². The molecule has 19 heavy (non-hydrogen) atoms. The molecule has 1 unspecified atom stereocenters. The molecule has 0 spiro atoms. The maximum Gasteiger partial charge on any atom is 0.329 e. The Morgan fingerprint density at radius 3 is 2.95 bits per heavy atom. The number of carboxylic acid groups (broad SMARTS) is 1. The lowest BCUT2D eigenvalue weighted by atomic mass is 10.0. The summed E-state index contributed by atoms with van der Waals surface area (Å²) in [5.41, 5.74) is 1.32. The molecule has 4 nitrogen and oxygen atoms in total. The molecule has 102 valence electrons. The number of aliphatic carboxylic acids is 1. The molecule has 1 aliphatic heterocycles. The molecule has 0 radical (unpaired) electrons. The maximum absolute atomic E-state index is 10.4. The van der Waals surface area contributed by atoms with Gasteiger partial charge in [-0.2, -0.15) is 0 Å². The van der Waals surface area contributed by atoms with Gasteiger partial charge in [0.05, 0.1) is 0 Å². The summed E-state index contributed by atoms with van der Waals surface area (Å²) in [6.07, 6.45) is 4.93. The molecular formula is C15H20N2O2. The second kappa shape index (κ2) is 6.95. The fraction of sp³-hybridized carbons (Fsp3) is 0.400. The van der Waals surface area contributed by atoms with E-state index >= 15 is 0 Å². The highest BCUT2D eigenvalue weighted by Crippen LogP contribution is 2.13. The number of benzene rings is 1. The first-order chi connectivity index (χ1) is 9.24. The summed E-state index contributed by atoms with van der Waals surface area (Å²) in [6.45, 7) is 3.02. The molecule has 1 saturated heterocycles. The Hall–Kier alpha value is -1.81. The Kier molecular flexibility index (Phi) is 4.98. The summed E-state index contributed by atoms with van der Waals surface area (Å²) in [7, 11) is 0. The molecule has 1 heterocycles. The third kappa shape index (κ3) is 4.75. The third-order valence-electron chi connectivity index (χ3n) is 3.31. The predicted octanol–water partition coefficient (Wildman–Crippen LogP) is 1.84. The normalized spacial score (nSPS) is 20.5. The van der Waals surface area contributed by atoms with Gasteiger partial charge in [0.2, 0.25) is 0 Å². The van der Waals surface area contributed by atoms with Gasteiger partial charge in [-0.3, -0.25) is 4.90 Å². The smallest absolute Gasteiger partial charge is 0.329 e. The van der Waals surface area contributed by atoms with Crippen LogP contribution in [0.15, 0.2) is 42.6 Å². The second-order valence-electron chi connectivity index (χ2n) is 4.90. The number of likely N-dealkylation sites (tertiary alicyclic amines) is 1. The number of nitrogens with zero attached hydrogens (tertiary/aromatic N) is 1. The van der Waals surface area contributed by atoms with Gasteiger partial charge >= 0.3 is 5.97 Å². The van der Waals surface area contributed by atoms with Gasteiger partial charge in [-0.15, -0.1) is 0 Å². The fourth-order valence-corrected chi connectivity index (χ4v) is 2.43. The van der Waals surface area contributed by atoms with E-state index in [9.17, 15) is 4.79 Å². The number of carbonyl (C=O) groups is 1. The van der Waals surface area contributed by atoms with Crippen LogP contribution in [0.2, 0.25) is 0 Å². The average Bonchev–Trinajstić information content (AvgIpc) is 2.40. The molecule has 0 saturated carbocycles. The maximum atomic E-state index is 10.4. The van der Waals surface area contributed by atoms with Gasteiger partial charge in [0, 0.05) is 31.4 Å². The Bertz CT molecular complexity index is 431. The van der Waals surface area contributed by atoms with Crippen molar-refractivity contribution in [1.82, 2.24) is 10.2 Å². The van der Waals surface area contributed by atoms with E-state index in [-0.39, 0.29) is 0 Å².